The smallest absolute Gasteiger partial charge is 0.183 e. The van der Waals surface area contributed by atoms with Gasteiger partial charge in [-0.05, 0) is 32.4 Å². The van der Waals surface area contributed by atoms with Gasteiger partial charge in [0, 0.05) is 0 Å². The molecule has 0 saturated carbocycles. The quantitative estimate of drug-likeness (QED) is 0.755. The van der Waals surface area contributed by atoms with E-state index in [1.165, 1.54) is 0 Å². The molecule has 0 spiro atoms. The summed E-state index contributed by atoms with van der Waals surface area (Å²) in [6, 6.07) is 6.88. The van der Waals surface area contributed by atoms with Crippen molar-refractivity contribution >= 4 is 5.78 Å². The van der Waals surface area contributed by atoms with Crippen LogP contribution in [0, 0.1) is 0 Å². The average molecular weight is 249 g/mol. The highest BCUT2D eigenvalue weighted by atomic mass is 16.5. The number of hydrogen-bond donors (Lipinski definition) is 1. The lowest BCUT2D eigenvalue weighted by atomic mass is 9.99. The molecule has 0 amide bonds. The molecule has 1 unspecified atom stereocenters. The molecule has 1 atom stereocenters. The molecule has 0 aromatic heterocycles. The highest BCUT2D eigenvalue weighted by Gasteiger charge is 2.19. The molecule has 0 aliphatic rings. The van der Waals surface area contributed by atoms with Gasteiger partial charge in [0.05, 0.1) is 17.7 Å². The first kappa shape index (κ1) is 14.7. The van der Waals surface area contributed by atoms with Crippen LogP contribution in [0.4, 0.5) is 0 Å². The Hall–Kier alpha value is -1.35. The minimum Gasteiger partial charge on any atom is -0.490 e. The Bertz CT molecular complexity index is 388. The Morgan fingerprint density at radius 2 is 2.00 bits per heavy atom. The summed E-state index contributed by atoms with van der Waals surface area (Å²) in [5, 5.41) is 0. The van der Waals surface area contributed by atoms with Crippen molar-refractivity contribution in [3.8, 4) is 5.75 Å². The summed E-state index contributed by atoms with van der Waals surface area (Å²) in [5.74, 6) is 0.601. The van der Waals surface area contributed by atoms with Crippen molar-refractivity contribution in [3.63, 3.8) is 0 Å². The third-order valence-electron chi connectivity index (χ3n) is 2.72. The average Bonchev–Trinajstić information content (AvgIpc) is 2.35. The van der Waals surface area contributed by atoms with Gasteiger partial charge < -0.3 is 10.5 Å². The zero-order valence-corrected chi connectivity index (χ0v) is 11.5. The largest absolute Gasteiger partial charge is 0.490 e. The first-order valence-electron chi connectivity index (χ1n) is 6.61. The van der Waals surface area contributed by atoms with Gasteiger partial charge in [0.25, 0.3) is 0 Å². The molecule has 0 bridgehead atoms. The lowest BCUT2D eigenvalue weighted by Crippen LogP contribution is -2.30. The maximum atomic E-state index is 12.2. The lowest BCUT2D eigenvalue weighted by molar-refractivity contribution is 0.0950. The van der Waals surface area contributed by atoms with Crippen LogP contribution >= 0.6 is 0 Å². The second-order valence-corrected chi connectivity index (χ2v) is 4.78. The predicted molar refractivity (Wildman–Crippen MR) is 74.0 cm³/mol. The van der Waals surface area contributed by atoms with Gasteiger partial charge in [-0.3, -0.25) is 4.79 Å². The zero-order valence-electron chi connectivity index (χ0n) is 11.5. The maximum Gasteiger partial charge on any atom is 0.183 e. The van der Waals surface area contributed by atoms with E-state index in [2.05, 4.69) is 6.92 Å². The molecule has 0 fully saturated rings. The van der Waals surface area contributed by atoms with Crippen molar-refractivity contribution in [2.24, 2.45) is 5.73 Å². The van der Waals surface area contributed by atoms with Crippen molar-refractivity contribution in [3.05, 3.63) is 29.8 Å². The number of carbonyl (C=O) groups is 1. The van der Waals surface area contributed by atoms with E-state index in [-0.39, 0.29) is 11.9 Å². The summed E-state index contributed by atoms with van der Waals surface area (Å²) >= 11 is 0. The fourth-order valence-electron chi connectivity index (χ4n) is 1.78. The van der Waals surface area contributed by atoms with Crippen LogP contribution in [0.2, 0.25) is 0 Å². The van der Waals surface area contributed by atoms with Crippen molar-refractivity contribution in [2.75, 3.05) is 0 Å². The normalized spacial score (nSPS) is 12.5. The number of para-hydroxylation sites is 1. The van der Waals surface area contributed by atoms with Crippen LogP contribution < -0.4 is 10.5 Å². The fraction of sp³-hybridized carbons (Fsp3) is 0.533. The SMILES string of the molecule is CCCCC(N)C(=O)c1ccccc1OC(C)C. The first-order chi connectivity index (χ1) is 8.56. The minimum atomic E-state index is -0.429. The first-order valence-corrected chi connectivity index (χ1v) is 6.61. The second-order valence-electron chi connectivity index (χ2n) is 4.78. The minimum absolute atomic E-state index is 0.0281. The third-order valence-corrected chi connectivity index (χ3v) is 2.72. The van der Waals surface area contributed by atoms with Crippen molar-refractivity contribution in [2.45, 2.75) is 52.2 Å². The van der Waals surface area contributed by atoms with Crippen LogP contribution in [0.15, 0.2) is 24.3 Å². The molecule has 1 aromatic rings. The molecule has 3 heteroatoms. The van der Waals surface area contributed by atoms with Gasteiger partial charge in [-0.25, -0.2) is 0 Å². The van der Waals surface area contributed by atoms with Crippen LogP contribution in [0.5, 0.6) is 5.75 Å². The van der Waals surface area contributed by atoms with Gasteiger partial charge in [-0.15, -0.1) is 0 Å². The molecule has 2 N–H and O–H groups in total. The van der Waals surface area contributed by atoms with Gasteiger partial charge >= 0.3 is 0 Å². The predicted octanol–water partition coefficient (Wildman–Crippen LogP) is 3.17. The molecular formula is C15H23NO2. The van der Waals surface area contributed by atoms with Gasteiger partial charge in [-0.1, -0.05) is 31.9 Å². The van der Waals surface area contributed by atoms with Gasteiger partial charge in [-0.2, -0.15) is 0 Å². The van der Waals surface area contributed by atoms with E-state index in [0.717, 1.165) is 19.3 Å². The molecule has 3 nitrogen and oxygen atoms in total. The number of benzene rings is 1. The van der Waals surface area contributed by atoms with Crippen LogP contribution in [-0.4, -0.2) is 17.9 Å². The Labute approximate surface area is 109 Å². The van der Waals surface area contributed by atoms with E-state index >= 15 is 0 Å². The van der Waals surface area contributed by atoms with E-state index in [1.807, 2.05) is 32.0 Å². The number of ketones is 1. The lowest BCUT2D eigenvalue weighted by Gasteiger charge is -2.16. The third kappa shape index (κ3) is 4.15. The Kier molecular flexibility index (Phi) is 5.86. The molecule has 0 aliphatic heterocycles. The molecule has 0 heterocycles. The number of hydrogen-bond acceptors (Lipinski definition) is 3. The van der Waals surface area contributed by atoms with E-state index < -0.39 is 6.04 Å². The van der Waals surface area contributed by atoms with Crippen LogP contribution in [0.3, 0.4) is 0 Å². The number of Topliss-reactive ketones (excluding diaryl/α,β-unsaturated/α-hetero) is 1. The number of unbranched alkanes of at least 4 members (excludes halogenated alkanes) is 1. The Morgan fingerprint density at radius 3 is 2.61 bits per heavy atom. The van der Waals surface area contributed by atoms with E-state index in [0.29, 0.717) is 11.3 Å². The highest BCUT2D eigenvalue weighted by molar-refractivity contribution is 6.02. The number of nitrogens with two attached hydrogens (primary N) is 1. The van der Waals surface area contributed by atoms with E-state index in [4.69, 9.17) is 10.5 Å². The second kappa shape index (κ2) is 7.17. The van der Waals surface area contributed by atoms with E-state index in [9.17, 15) is 4.79 Å². The molecule has 0 saturated heterocycles. The van der Waals surface area contributed by atoms with Crippen LogP contribution in [0.25, 0.3) is 0 Å². The fourth-order valence-corrected chi connectivity index (χ4v) is 1.78. The van der Waals surface area contributed by atoms with Gasteiger partial charge in [0.1, 0.15) is 5.75 Å². The monoisotopic (exact) mass is 249 g/mol. The van der Waals surface area contributed by atoms with Gasteiger partial charge in [0.15, 0.2) is 5.78 Å². The van der Waals surface area contributed by atoms with Crippen LogP contribution in [-0.2, 0) is 0 Å². The van der Waals surface area contributed by atoms with E-state index in [1.54, 1.807) is 6.07 Å². The van der Waals surface area contributed by atoms with Crippen LogP contribution in [0.1, 0.15) is 50.4 Å². The molecule has 1 rings (SSSR count). The van der Waals surface area contributed by atoms with Crippen molar-refractivity contribution in [1.82, 2.24) is 0 Å². The molecule has 0 radical (unpaired) electrons. The summed E-state index contributed by atoms with van der Waals surface area (Å²) in [5.41, 5.74) is 6.52. The molecule has 18 heavy (non-hydrogen) atoms. The summed E-state index contributed by atoms with van der Waals surface area (Å²) in [6.45, 7) is 5.98. The molecular weight excluding hydrogens is 226 g/mol. The summed E-state index contributed by atoms with van der Waals surface area (Å²) < 4.78 is 5.64. The maximum absolute atomic E-state index is 12.2. The topological polar surface area (TPSA) is 52.3 Å². The number of ether oxygens (including phenoxy) is 1. The summed E-state index contributed by atoms with van der Waals surface area (Å²) in [7, 11) is 0. The number of rotatable bonds is 7. The summed E-state index contributed by atoms with van der Waals surface area (Å²) in [6.07, 6.45) is 2.79. The zero-order chi connectivity index (χ0) is 13.5. The Balaban J connectivity index is 2.84. The van der Waals surface area contributed by atoms with Crippen molar-refractivity contribution in [1.29, 1.82) is 0 Å². The summed E-state index contributed by atoms with van der Waals surface area (Å²) in [4.78, 5) is 12.2. The molecule has 1 aromatic carbocycles. The molecule has 0 aliphatic carbocycles. The van der Waals surface area contributed by atoms with Crippen molar-refractivity contribution < 1.29 is 9.53 Å². The number of carbonyl (C=O) groups excluding carboxylic acids is 1. The molecule has 100 valence electrons. The highest BCUT2D eigenvalue weighted by Crippen LogP contribution is 2.21. The Morgan fingerprint density at radius 1 is 1.33 bits per heavy atom. The standard InChI is InChI=1S/C15H23NO2/c1-4-5-9-13(16)15(17)12-8-6-7-10-14(12)18-11(2)3/h6-8,10-11,13H,4-5,9,16H2,1-3H3. The van der Waals surface area contributed by atoms with Gasteiger partial charge in [0.2, 0.25) is 0 Å².